The molecule has 0 spiro atoms. The molecule has 0 aliphatic rings. The summed E-state index contributed by atoms with van der Waals surface area (Å²) < 4.78 is 9.24. The van der Waals surface area contributed by atoms with Crippen LogP contribution in [-0.4, -0.2) is 25.2 Å². The fraction of sp³-hybridized carbons (Fsp3) is 0.333. The van der Waals surface area contributed by atoms with E-state index in [0.29, 0.717) is 13.0 Å². The zero-order valence-electron chi connectivity index (χ0n) is 11.6. The van der Waals surface area contributed by atoms with Gasteiger partial charge >= 0.3 is 11.9 Å². The minimum atomic E-state index is -0.344. The quantitative estimate of drug-likeness (QED) is 0.308. The molecular formula is C15H22O4. The van der Waals surface area contributed by atoms with Gasteiger partial charge in [0.25, 0.3) is 0 Å². The molecule has 0 fully saturated rings. The van der Waals surface area contributed by atoms with Crippen LogP contribution in [0.1, 0.15) is 20.3 Å². The van der Waals surface area contributed by atoms with Crippen molar-refractivity contribution < 1.29 is 19.1 Å². The molecule has 0 aromatic carbocycles. The van der Waals surface area contributed by atoms with E-state index in [1.165, 1.54) is 12.2 Å². The summed E-state index contributed by atoms with van der Waals surface area (Å²) in [5.74, 6) is -0.520. The zero-order valence-corrected chi connectivity index (χ0v) is 11.6. The van der Waals surface area contributed by atoms with Crippen molar-refractivity contribution in [1.29, 1.82) is 0 Å². The molecule has 0 aromatic heterocycles. The maximum absolute atomic E-state index is 10.7. The smallest absolute Gasteiger partial charge is 0.331 e. The van der Waals surface area contributed by atoms with E-state index in [4.69, 9.17) is 0 Å². The average molecular weight is 266 g/mol. The van der Waals surface area contributed by atoms with Crippen molar-refractivity contribution in [3.8, 4) is 0 Å². The van der Waals surface area contributed by atoms with Gasteiger partial charge in [0.15, 0.2) is 0 Å². The van der Waals surface area contributed by atoms with Gasteiger partial charge in [-0.05, 0) is 6.92 Å². The predicted octanol–water partition coefficient (Wildman–Crippen LogP) is 2.97. The van der Waals surface area contributed by atoms with Crippen LogP contribution in [0.2, 0.25) is 0 Å². The van der Waals surface area contributed by atoms with E-state index >= 15 is 0 Å². The molecule has 4 heteroatoms. The Kier molecular flexibility index (Phi) is 16.1. The topological polar surface area (TPSA) is 52.6 Å². The highest BCUT2D eigenvalue weighted by Gasteiger charge is 1.92. The first kappa shape index (κ1) is 19.2. The van der Waals surface area contributed by atoms with Crippen LogP contribution in [-0.2, 0) is 19.1 Å². The maximum atomic E-state index is 10.7. The molecule has 106 valence electrons. The lowest BCUT2D eigenvalue weighted by atomic mass is 10.4. The number of allylic oxidation sites excluding steroid dienone is 3. The standard InChI is InChI=1S/C9H12O2.C6H10O2/c1-3-5-6-7-9(10)11-8-4-2;1-3-5-8-6(7)4-2/h3-7H,2,8H2,1H3;3H,1,4-5H2,2H3/b5-3+,7-6+;. The highest BCUT2D eigenvalue weighted by molar-refractivity contribution is 5.82. The molecule has 0 N–H and O–H groups in total. The molecule has 0 rings (SSSR count). The van der Waals surface area contributed by atoms with Gasteiger partial charge in [0.2, 0.25) is 0 Å². The van der Waals surface area contributed by atoms with E-state index < -0.39 is 0 Å². The summed E-state index contributed by atoms with van der Waals surface area (Å²) in [5.41, 5.74) is 0. The number of carbonyl (C=O) groups is 2. The lowest BCUT2D eigenvalue weighted by molar-refractivity contribution is -0.142. The Morgan fingerprint density at radius 3 is 2.11 bits per heavy atom. The molecular weight excluding hydrogens is 244 g/mol. The molecule has 0 unspecified atom stereocenters. The monoisotopic (exact) mass is 266 g/mol. The van der Waals surface area contributed by atoms with Crippen molar-refractivity contribution in [3.63, 3.8) is 0 Å². The first-order valence-corrected chi connectivity index (χ1v) is 5.95. The van der Waals surface area contributed by atoms with Gasteiger partial charge in [0.1, 0.15) is 13.2 Å². The van der Waals surface area contributed by atoms with Crippen LogP contribution in [0.3, 0.4) is 0 Å². The Bertz CT molecular complexity index is 327. The Hall–Kier alpha value is -2.10. The summed E-state index contributed by atoms with van der Waals surface area (Å²) in [5, 5.41) is 0. The van der Waals surface area contributed by atoms with Gasteiger partial charge < -0.3 is 9.47 Å². The third-order valence-corrected chi connectivity index (χ3v) is 1.53. The summed E-state index contributed by atoms with van der Waals surface area (Å²) in [4.78, 5) is 21.0. The van der Waals surface area contributed by atoms with Crippen molar-refractivity contribution in [3.05, 3.63) is 49.6 Å². The molecule has 0 saturated carbocycles. The van der Waals surface area contributed by atoms with Gasteiger partial charge in [-0.1, -0.05) is 50.5 Å². The SMILES string of the molecule is C=CCOC(=O)/C=C/C=C/C.C=CCOC(=O)CC. The van der Waals surface area contributed by atoms with Crippen molar-refractivity contribution in [2.45, 2.75) is 20.3 Å². The molecule has 0 aliphatic carbocycles. The van der Waals surface area contributed by atoms with Crippen LogP contribution in [0.25, 0.3) is 0 Å². The number of esters is 2. The molecule has 0 bridgehead atoms. The number of hydrogen-bond acceptors (Lipinski definition) is 4. The Labute approximate surface area is 115 Å². The minimum Gasteiger partial charge on any atom is -0.461 e. The highest BCUT2D eigenvalue weighted by Crippen LogP contribution is 1.83. The molecule has 0 radical (unpaired) electrons. The van der Waals surface area contributed by atoms with Crippen LogP contribution < -0.4 is 0 Å². The van der Waals surface area contributed by atoms with Crippen molar-refractivity contribution in [2.75, 3.05) is 13.2 Å². The first-order valence-electron chi connectivity index (χ1n) is 5.95. The van der Waals surface area contributed by atoms with E-state index in [2.05, 4.69) is 22.6 Å². The second-order valence-corrected chi connectivity index (χ2v) is 3.13. The number of rotatable bonds is 7. The molecule has 0 amide bonds. The minimum absolute atomic E-state index is 0.176. The third-order valence-electron chi connectivity index (χ3n) is 1.53. The lowest BCUT2D eigenvalue weighted by Gasteiger charge is -1.94. The van der Waals surface area contributed by atoms with E-state index in [1.807, 2.05) is 13.0 Å². The van der Waals surface area contributed by atoms with E-state index in [1.54, 1.807) is 25.2 Å². The number of ether oxygens (including phenoxy) is 2. The van der Waals surface area contributed by atoms with Gasteiger partial charge in [-0.3, -0.25) is 4.79 Å². The van der Waals surface area contributed by atoms with Gasteiger partial charge in [0, 0.05) is 12.5 Å². The first-order chi connectivity index (χ1) is 9.12. The molecule has 0 aliphatic heterocycles. The van der Waals surface area contributed by atoms with Gasteiger partial charge in [-0.25, -0.2) is 4.79 Å². The Balaban J connectivity index is 0. The summed E-state index contributed by atoms with van der Waals surface area (Å²) in [6, 6.07) is 0. The molecule has 0 saturated heterocycles. The van der Waals surface area contributed by atoms with Crippen LogP contribution >= 0.6 is 0 Å². The van der Waals surface area contributed by atoms with Gasteiger partial charge in [-0.2, -0.15) is 0 Å². The van der Waals surface area contributed by atoms with E-state index in [0.717, 1.165) is 0 Å². The van der Waals surface area contributed by atoms with Crippen LogP contribution in [0, 0.1) is 0 Å². The van der Waals surface area contributed by atoms with Crippen molar-refractivity contribution >= 4 is 11.9 Å². The fourth-order valence-electron chi connectivity index (χ4n) is 0.688. The van der Waals surface area contributed by atoms with Crippen molar-refractivity contribution in [1.82, 2.24) is 0 Å². The Morgan fingerprint density at radius 2 is 1.63 bits per heavy atom. The van der Waals surface area contributed by atoms with E-state index in [9.17, 15) is 9.59 Å². The number of hydrogen-bond donors (Lipinski definition) is 0. The van der Waals surface area contributed by atoms with Crippen molar-refractivity contribution in [2.24, 2.45) is 0 Å². The van der Waals surface area contributed by atoms with Crippen LogP contribution in [0.4, 0.5) is 0 Å². The normalized spacial score (nSPS) is 9.58. The zero-order chi connectivity index (χ0) is 14.9. The van der Waals surface area contributed by atoms with Gasteiger partial charge in [-0.15, -0.1) is 0 Å². The number of carbonyl (C=O) groups excluding carboxylic acids is 2. The predicted molar refractivity (Wildman–Crippen MR) is 76.6 cm³/mol. The third kappa shape index (κ3) is 18.5. The van der Waals surface area contributed by atoms with E-state index in [-0.39, 0.29) is 18.5 Å². The second-order valence-electron chi connectivity index (χ2n) is 3.13. The fourth-order valence-corrected chi connectivity index (χ4v) is 0.688. The van der Waals surface area contributed by atoms with Crippen LogP contribution in [0.5, 0.6) is 0 Å². The lowest BCUT2D eigenvalue weighted by Crippen LogP contribution is -2.00. The largest absolute Gasteiger partial charge is 0.461 e. The summed E-state index contributed by atoms with van der Waals surface area (Å²) in [6.45, 7) is 11.0. The molecule has 0 aromatic rings. The second kappa shape index (κ2) is 15.9. The molecule has 0 atom stereocenters. The maximum Gasteiger partial charge on any atom is 0.331 e. The summed E-state index contributed by atoms with van der Waals surface area (Å²) in [7, 11) is 0. The molecule has 19 heavy (non-hydrogen) atoms. The molecule has 0 heterocycles. The summed E-state index contributed by atoms with van der Waals surface area (Å²) >= 11 is 0. The molecule has 4 nitrogen and oxygen atoms in total. The van der Waals surface area contributed by atoms with Crippen LogP contribution in [0.15, 0.2) is 49.6 Å². The summed E-state index contributed by atoms with van der Waals surface area (Å²) in [6.07, 6.45) is 10.1. The Morgan fingerprint density at radius 1 is 1.05 bits per heavy atom. The highest BCUT2D eigenvalue weighted by atomic mass is 16.5. The average Bonchev–Trinajstić information content (AvgIpc) is 2.43. The van der Waals surface area contributed by atoms with Gasteiger partial charge in [0.05, 0.1) is 0 Å².